The van der Waals surface area contributed by atoms with E-state index in [2.05, 4.69) is 28.8 Å². The van der Waals surface area contributed by atoms with Gasteiger partial charge in [-0.15, -0.1) is 5.10 Å². The molecule has 2 rings (SSSR count). The monoisotopic (exact) mass is 262 g/mol. The van der Waals surface area contributed by atoms with E-state index in [4.69, 9.17) is 5.11 Å². The molecule has 2 aromatic rings. The molecule has 0 aromatic carbocycles. The molecule has 0 spiro atoms. The van der Waals surface area contributed by atoms with Crippen molar-refractivity contribution in [1.29, 1.82) is 0 Å². The van der Waals surface area contributed by atoms with Gasteiger partial charge in [-0.25, -0.2) is 14.3 Å². The summed E-state index contributed by atoms with van der Waals surface area (Å²) < 4.78 is 1.50. The molecule has 0 amide bonds. The average Bonchev–Trinajstić information content (AvgIpc) is 2.78. The third-order valence-electron chi connectivity index (χ3n) is 2.96. The van der Waals surface area contributed by atoms with Gasteiger partial charge in [-0.1, -0.05) is 13.8 Å². The first-order valence-electron chi connectivity index (χ1n) is 6.28. The minimum atomic E-state index is -1.04. The third kappa shape index (κ3) is 3.01. The van der Waals surface area contributed by atoms with Crippen molar-refractivity contribution in [1.82, 2.24) is 14.6 Å². The van der Waals surface area contributed by atoms with E-state index in [1.807, 2.05) is 13.1 Å². The topological polar surface area (TPSA) is 70.7 Å². The first-order valence-corrected chi connectivity index (χ1v) is 6.28. The minimum absolute atomic E-state index is 0.00878. The molecule has 2 heterocycles. The highest BCUT2D eigenvalue weighted by Crippen LogP contribution is 2.13. The van der Waals surface area contributed by atoms with E-state index in [9.17, 15) is 4.79 Å². The number of carboxylic acids is 1. The van der Waals surface area contributed by atoms with Crippen LogP contribution in [-0.2, 0) is 0 Å². The van der Waals surface area contributed by atoms with Gasteiger partial charge in [0.05, 0.1) is 6.20 Å². The van der Waals surface area contributed by atoms with Crippen LogP contribution in [0.5, 0.6) is 0 Å². The molecule has 2 aromatic heterocycles. The second-order valence-corrected chi connectivity index (χ2v) is 5.03. The van der Waals surface area contributed by atoms with Crippen molar-refractivity contribution in [3.8, 4) is 0 Å². The number of hydrogen-bond donors (Lipinski definition) is 1. The Morgan fingerprint density at radius 1 is 1.47 bits per heavy atom. The third-order valence-corrected chi connectivity index (χ3v) is 2.96. The Morgan fingerprint density at radius 2 is 2.21 bits per heavy atom. The summed E-state index contributed by atoms with van der Waals surface area (Å²) in [6, 6.07) is 3.63. The molecule has 0 bridgehead atoms. The van der Waals surface area contributed by atoms with Gasteiger partial charge in [0.25, 0.3) is 0 Å². The highest BCUT2D eigenvalue weighted by Gasteiger charge is 2.11. The second-order valence-electron chi connectivity index (χ2n) is 5.03. The Kier molecular flexibility index (Phi) is 3.69. The van der Waals surface area contributed by atoms with Crippen LogP contribution >= 0.6 is 0 Å². The van der Waals surface area contributed by atoms with E-state index in [-0.39, 0.29) is 5.69 Å². The van der Waals surface area contributed by atoms with E-state index in [1.54, 1.807) is 6.07 Å². The van der Waals surface area contributed by atoms with Crippen LogP contribution in [0.2, 0.25) is 0 Å². The van der Waals surface area contributed by atoms with Crippen molar-refractivity contribution in [2.75, 3.05) is 18.5 Å². The molecule has 0 aliphatic rings. The van der Waals surface area contributed by atoms with E-state index in [1.165, 1.54) is 10.7 Å². The van der Waals surface area contributed by atoms with Crippen LogP contribution in [0.25, 0.3) is 5.65 Å². The number of anilines is 1. The van der Waals surface area contributed by atoms with E-state index in [0.29, 0.717) is 11.6 Å². The van der Waals surface area contributed by atoms with Crippen LogP contribution in [-0.4, -0.2) is 39.3 Å². The Bertz CT molecular complexity index is 591. The van der Waals surface area contributed by atoms with Gasteiger partial charge < -0.3 is 10.0 Å². The quantitative estimate of drug-likeness (QED) is 0.891. The fourth-order valence-electron chi connectivity index (χ4n) is 1.75. The van der Waals surface area contributed by atoms with Crippen molar-refractivity contribution in [3.05, 3.63) is 24.0 Å². The number of imidazole rings is 1. The smallest absolute Gasteiger partial charge is 0.356 e. The molecule has 0 aliphatic heterocycles. The SMILES string of the molecule is CC(C)CCN(C)c1ccc2nc(C(=O)O)cn2n1. The Morgan fingerprint density at radius 3 is 2.84 bits per heavy atom. The molecule has 6 nitrogen and oxygen atoms in total. The van der Waals surface area contributed by atoms with Gasteiger partial charge >= 0.3 is 5.97 Å². The maximum Gasteiger partial charge on any atom is 0.356 e. The van der Waals surface area contributed by atoms with Crippen LogP contribution in [0.4, 0.5) is 5.82 Å². The summed E-state index contributed by atoms with van der Waals surface area (Å²) in [5.41, 5.74) is 0.549. The molecule has 0 atom stereocenters. The second kappa shape index (κ2) is 5.26. The number of aromatic carboxylic acids is 1. The number of rotatable bonds is 5. The van der Waals surface area contributed by atoms with Crippen molar-refractivity contribution >= 4 is 17.4 Å². The normalized spacial score (nSPS) is 11.2. The molecule has 0 fully saturated rings. The lowest BCUT2D eigenvalue weighted by atomic mass is 10.1. The molecule has 0 unspecified atom stereocenters. The van der Waals surface area contributed by atoms with Gasteiger partial charge in [0.15, 0.2) is 11.3 Å². The Balaban J connectivity index is 2.23. The van der Waals surface area contributed by atoms with Crippen molar-refractivity contribution in [3.63, 3.8) is 0 Å². The maximum atomic E-state index is 10.9. The summed E-state index contributed by atoms with van der Waals surface area (Å²) in [5.74, 6) is 0.403. The lowest BCUT2D eigenvalue weighted by Crippen LogP contribution is -2.21. The summed E-state index contributed by atoms with van der Waals surface area (Å²) in [7, 11) is 1.98. The van der Waals surface area contributed by atoms with Crippen molar-refractivity contribution in [2.24, 2.45) is 5.92 Å². The van der Waals surface area contributed by atoms with E-state index >= 15 is 0 Å². The zero-order chi connectivity index (χ0) is 14.0. The van der Waals surface area contributed by atoms with Crippen LogP contribution in [0, 0.1) is 5.92 Å². The zero-order valence-corrected chi connectivity index (χ0v) is 11.4. The first kappa shape index (κ1) is 13.3. The van der Waals surface area contributed by atoms with Crippen LogP contribution in [0.3, 0.4) is 0 Å². The van der Waals surface area contributed by atoms with Gasteiger partial charge in [0.1, 0.15) is 5.82 Å². The lowest BCUT2D eigenvalue weighted by Gasteiger charge is -2.18. The molecule has 6 heteroatoms. The van der Waals surface area contributed by atoms with Crippen LogP contribution < -0.4 is 4.90 Å². The lowest BCUT2D eigenvalue weighted by molar-refractivity contribution is 0.0691. The Labute approximate surface area is 111 Å². The minimum Gasteiger partial charge on any atom is -0.476 e. The van der Waals surface area contributed by atoms with Crippen molar-refractivity contribution < 1.29 is 9.90 Å². The number of fused-ring (bicyclic) bond motifs is 1. The zero-order valence-electron chi connectivity index (χ0n) is 11.4. The standard InChI is InChI=1S/C13H18N4O2/c1-9(2)6-7-16(3)12-5-4-11-14-10(13(18)19)8-17(11)15-12/h4-5,8-9H,6-7H2,1-3H3,(H,18,19). The molecular weight excluding hydrogens is 244 g/mol. The molecule has 0 saturated carbocycles. The van der Waals surface area contributed by atoms with Gasteiger partial charge in [-0.3, -0.25) is 0 Å². The predicted molar refractivity (Wildman–Crippen MR) is 72.7 cm³/mol. The Hall–Kier alpha value is -2.11. The number of carboxylic acid groups (broad SMARTS) is 1. The summed E-state index contributed by atoms with van der Waals surface area (Å²) in [5, 5.41) is 13.3. The molecule has 19 heavy (non-hydrogen) atoms. The number of aromatic nitrogens is 3. The largest absolute Gasteiger partial charge is 0.476 e. The molecule has 0 radical (unpaired) electrons. The van der Waals surface area contributed by atoms with E-state index < -0.39 is 5.97 Å². The molecular formula is C13H18N4O2. The van der Waals surface area contributed by atoms with Gasteiger partial charge in [0.2, 0.25) is 0 Å². The van der Waals surface area contributed by atoms with Crippen LogP contribution in [0.1, 0.15) is 30.8 Å². The predicted octanol–water partition coefficient (Wildman–Crippen LogP) is 1.91. The summed E-state index contributed by atoms with van der Waals surface area (Å²) in [6.45, 7) is 5.27. The number of nitrogens with zero attached hydrogens (tertiary/aromatic N) is 4. The van der Waals surface area contributed by atoms with Crippen molar-refractivity contribution in [2.45, 2.75) is 20.3 Å². The highest BCUT2D eigenvalue weighted by molar-refractivity contribution is 5.86. The highest BCUT2D eigenvalue weighted by atomic mass is 16.4. The van der Waals surface area contributed by atoms with Gasteiger partial charge in [-0.05, 0) is 24.5 Å². The summed E-state index contributed by atoms with van der Waals surface area (Å²) in [4.78, 5) is 16.9. The first-order chi connectivity index (χ1) is 8.97. The fourth-order valence-corrected chi connectivity index (χ4v) is 1.75. The molecule has 1 N–H and O–H groups in total. The summed E-state index contributed by atoms with van der Waals surface area (Å²) >= 11 is 0. The maximum absolute atomic E-state index is 10.9. The summed E-state index contributed by atoms with van der Waals surface area (Å²) in [6.07, 6.45) is 2.51. The number of carbonyl (C=O) groups is 1. The van der Waals surface area contributed by atoms with Crippen LogP contribution in [0.15, 0.2) is 18.3 Å². The molecule has 0 aliphatic carbocycles. The van der Waals surface area contributed by atoms with Gasteiger partial charge in [0, 0.05) is 13.6 Å². The fraction of sp³-hybridized carbons (Fsp3) is 0.462. The number of hydrogen-bond acceptors (Lipinski definition) is 4. The average molecular weight is 262 g/mol. The van der Waals surface area contributed by atoms with E-state index in [0.717, 1.165) is 18.8 Å². The molecule has 102 valence electrons. The molecule has 0 saturated heterocycles. The van der Waals surface area contributed by atoms with Gasteiger partial charge in [-0.2, -0.15) is 0 Å².